The van der Waals surface area contributed by atoms with E-state index >= 15 is 0 Å². The summed E-state index contributed by atoms with van der Waals surface area (Å²) in [6.07, 6.45) is 2.57. The first-order chi connectivity index (χ1) is 12.8. The fourth-order valence-corrected chi connectivity index (χ4v) is 3.76. The number of hydrogen-bond donors (Lipinski definition) is 1. The lowest BCUT2D eigenvalue weighted by Gasteiger charge is -2.28. The summed E-state index contributed by atoms with van der Waals surface area (Å²) in [5.41, 5.74) is 3.19. The molecule has 3 heteroatoms. The van der Waals surface area contributed by atoms with E-state index in [0.717, 1.165) is 29.8 Å². The molecule has 0 saturated carbocycles. The first-order valence-corrected chi connectivity index (χ1v) is 9.31. The van der Waals surface area contributed by atoms with Crippen LogP contribution in [0.25, 0.3) is 10.8 Å². The molecule has 1 amide bonds. The maximum Gasteiger partial charge on any atom is 0.225 e. The number of unbranched alkanes of at least 4 members (excludes halogenated alkanes) is 1. The van der Waals surface area contributed by atoms with Gasteiger partial charge < -0.3 is 10.1 Å². The van der Waals surface area contributed by atoms with Gasteiger partial charge >= 0.3 is 0 Å². The van der Waals surface area contributed by atoms with E-state index in [0.29, 0.717) is 13.0 Å². The van der Waals surface area contributed by atoms with E-state index in [2.05, 4.69) is 42.6 Å². The minimum absolute atomic E-state index is 0.00248. The van der Waals surface area contributed by atoms with Crippen molar-refractivity contribution in [3.05, 3.63) is 71.8 Å². The molecule has 0 fully saturated rings. The minimum atomic E-state index is 0.00248. The zero-order valence-electron chi connectivity index (χ0n) is 15.0. The zero-order chi connectivity index (χ0) is 17.9. The van der Waals surface area contributed by atoms with Crippen LogP contribution in [0.3, 0.4) is 0 Å². The van der Waals surface area contributed by atoms with E-state index < -0.39 is 0 Å². The Morgan fingerprint density at radius 3 is 2.73 bits per heavy atom. The molecule has 0 unspecified atom stereocenters. The van der Waals surface area contributed by atoms with Crippen LogP contribution in [0.5, 0.6) is 5.75 Å². The first kappa shape index (κ1) is 16.6. The highest BCUT2D eigenvalue weighted by Gasteiger charge is 2.30. The Morgan fingerprint density at radius 2 is 1.85 bits per heavy atom. The second-order valence-corrected chi connectivity index (χ2v) is 6.79. The zero-order valence-corrected chi connectivity index (χ0v) is 15.0. The number of carbonyl (C=O) groups excluding carboxylic acids is 1. The largest absolute Gasteiger partial charge is 0.493 e. The van der Waals surface area contributed by atoms with Gasteiger partial charge in [-0.1, -0.05) is 61.9 Å². The third-order valence-electron chi connectivity index (χ3n) is 5.03. The Kier molecular flexibility index (Phi) is 4.61. The summed E-state index contributed by atoms with van der Waals surface area (Å²) in [4.78, 5) is 12.4. The van der Waals surface area contributed by atoms with Crippen LogP contribution in [0, 0.1) is 0 Å². The topological polar surface area (TPSA) is 38.3 Å². The quantitative estimate of drug-likeness (QED) is 0.621. The molecule has 0 saturated heterocycles. The summed E-state index contributed by atoms with van der Waals surface area (Å²) in [5, 5.41) is 5.43. The highest BCUT2D eigenvalue weighted by molar-refractivity contribution is 6.01. The lowest BCUT2D eigenvalue weighted by Crippen LogP contribution is -2.24. The van der Waals surface area contributed by atoms with Gasteiger partial charge in [0.1, 0.15) is 5.75 Å². The average Bonchev–Trinajstić information content (AvgIpc) is 2.67. The predicted octanol–water partition coefficient (Wildman–Crippen LogP) is 5.49. The lowest BCUT2D eigenvalue weighted by atomic mass is 9.81. The molecule has 0 spiro atoms. The molecule has 1 aliphatic heterocycles. The maximum absolute atomic E-state index is 12.4. The molecule has 0 aromatic heterocycles. The Balaban J connectivity index is 1.84. The van der Waals surface area contributed by atoms with Gasteiger partial charge in [0.15, 0.2) is 0 Å². The third-order valence-corrected chi connectivity index (χ3v) is 5.03. The number of para-hydroxylation sites is 1. The normalized spacial score (nSPS) is 16.2. The number of carbonyl (C=O) groups is 1. The first-order valence-electron chi connectivity index (χ1n) is 9.31. The number of benzene rings is 3. The van der Waals surface area contributed by atoms with Crippen molar-refractivity contribution in [1.82, 2.24) is 0 Å². The van der Waals surface area contributed by atoms with Crippen molar-refractivity contribution in [1.29, 1.82) is 0 Å². The summed E-state index contributed by atoms with van der Waals surface area (Å²) in [5.74, 6) is 0.948. The van der Waals surface area contributed by atoms with Crippen LogP contribution < -0.4 is 10.1 Å². The molecule has 3 aromatic carbocycles. The van der Waals surface area contributed by atoms with E-state index in [9.17, 15) is 4.79 Å². The highest BCUT2D eigenvalue weighted by atomic mass is 16.5. The van der Waals surface area contributed by atoms with Gasteiger partial charge in [-0.3, -0.25) is 4.79 Å². The van der Waals surface area contributed by atoms with Crippen LogP contribution in [-0.4, -0.2) is 12.5 Å². The fourth-order valence-electron chi connectivity index (χ4n) is 3.76. The molecule has 1 aliphatic rings. The van der Waals surface area contributed by atoms with E-state index in [4.69, 9.17) is 4.74 Å². The third kappa shape index (κ3) is 3.05. The van der Waals surface area contributed by atoms with Crippen molar-refractivity contribution < 1.29 is 9.53 Å². The number of anilines is 1. The summed E-state index contributed by atoms with van der Waals surface area (Å²) in [7, 11) is 0. The molecule has 1 heterocycles. The van der Waals surface area contributed by atoms with Gasteiger partial charge in [-0.2, -0.15) is 0 Å². The van der Waals surface area contributed by atoms with Crippen LogP contribution >= 0.6 is 0 Å². The van der Waals surface area contributed by atoms with Gasteiger partial charge in [-0.05, 0) is 34.9 Å². The maximum atomic E-state index is 12.4. The molecular weight excluding hydrogens is 322 g/mol. The second kappa shape index (κ2) is 7.20. The molecule has 3 aromatic rings. The Hall–Kier alpha value is -2.81. The molecular formula is C23H23NO2. The van der Waals surface area contributed by atoms with E-state index in [1.54, 1.807) is 0 Å². The SMILES string of the molecule is CCCCOc1ccccc1[C@@H]1CC(=O)Nc2ccc3ccccc3c21. The molecule has 0 aliphatic carbocycles. The Morgan fingerprint density at radius 1 is 1.04 bits per heavy atom. The van der Waals surface area contributed by atoms with Crippen molar-refractivity contribution >= 4 is 22.4 Å². The van der Waals surface area contributed by atoms with Gasteiger partial charge in [0.25, 0.3) is 0 Å². The van der Waals surface area contributed by atoms with Gasteiger partial charge in [-0.15, -0.1) is 0 Å². The van der Waals surface area contributed by atoms with Crippen molar-refractivity contribution in [3.8, 4) is 5.75 Å². The number of hydrogen-bond acceptors (Lipinski definition) is 2. The van der Waals surface area contributed by atoms with E-state index in [1.165, 1.54) is 16.3 Å². The Bertz CT molecular complexity index is 948. The van der Waals surface area contributed by atoms with E-state index in [-0.39, 0.29) is 11.8 Å². The number of nitrogens with one attached hydrogen (secondary N) is 1. The molecule has 1 N–H and O–H groups in total. The predicted molar refractivity (Wildman–Crippen MR) is 106 cm³/mol. The standard InChI is InChI=1S/C23H23NO2/c1-2-3-14-26-21-11-7-6-10-18(21)19-15-22(25)24-20-13-12-16-8-4-5-9-17(16)23(19)20/h4-13,19H,2-3,14-15H2,1H3,(H,24,25)/t19-/m0/s1. The highest BCUT2D eigenvalue weighted by Crippen LogP contribution is 2.44. The van der Waals surface area contributed by atoms with Crippen LogP contribution in [0.2, 0.25) is 0 Å². The summed E-state index contributed by atoms with van der Waals surface area (Å²) in [6, 6.07) is 20.6. The van der Waals surface area contributed by atoms with Crippen molar-refractivity contribution in [2.24, 2.45) is 0 Å². The van der Waals surface area contributed by atoms with Gasteiger partial charge in [-0.25, -0.2) is 0 Å². The fraction of sp³-hybridized carbons (Fsp3) is 0.261. The lowest BCUT2D eigenvalue weighted by molar-refractivity contribution is -0.116. The molecule has 0 bridgehead atoms. The average molecular weight is 345 g/mol. The molecule has 0 radical (unpaired) electrons. The van der Waals surface area contributed by atoms with Crippen LogP contribution in [-0.2, 0) is 4.79 Å². The van der Waals surface area contributed by atoms with Crippen LogP contribution in [0.4, 0.5) is 5.69 Å². The molecule has 4 rings (SSSR count). The van der Waals surface area contributed by atoms with Gasteiger partial charge in [0.05, 0.1) is 6.61 Å². The van der Waals surface area contributed by atoms with Crippen LogP contribution in [0.1, 0.15) is 43.2 Å². The minimum Gasteiger partial charge on any atom is -0.493 e. The summed E-state index contributed by atoms with van der Waals surface area (Å²) >= 11 is 0. The molecule has 132 valence electrons. The van der Waals surface area contributed by atoms with Crippen molar-refractivity contribution in [3.63, 3.8) is 0 Å². The van der Waals surface area contributed by atoms with Crippen LogP contribution in [0.15, 0.2) is 60.7 Å². The monoisotopic (exact) mass is 345 g/mol. The summed E-state index contributed by atoms with van der Waals surface area (Å²) < 4.78 is 6.06. The smallest absolute Gasteiger partial charge is 0.225 e. The molecule has 1 atom stereocenters. The number of amides is 1. The van der Waals surface area contributed by atoms with Gasteiger partial charge in [0.2, 0.25) is 5.91 Å². The number of ether oxygens (including phenoxy) is 1. The second-order valence-electron chi connectivity index (χ2n) is 6.79. The van der Waals surface area contributed by atoms with Crippen molar-refractivity contribution in [2.45, 2.75) is 32.1 Å². The molecule has 3 nitrogen and oxygen atoms in total. The number of rotatable bonds is 5. The van der Waals surface area contributed by atoms with Crippen molar-refractivity contribution in [2.75, 3.05) is 11.9 Å². The number of fused-ring (bicyclic) bond motifs is 3. The molecule has 26 heavy (non-hydrogen) atoms. The Labute approximate surface area is 154 Å². The van der Waals surface area contributed by atoms with E-state index in [1.807, 2.05) is 30.3 Å². The summed E-state index contributed by atoms with van der Waals surface area (Å²) in [6.45, 7) is 2.86. The van der Waals surface area contributed by atoms with Gasteiger partial charge in [0, 0.05) is 23.6 Å².